The molecule has 2 heterocycles. The van der Waals surface area contributed by atoms with Gasteiger partial charge in [0.15, 0.2) is 44.8 Å². The molecule has 0 unspecified atom stereocenters. The van der Waals surface area contributed by atoms with E-state index in [4.69, 9.17) is 27.4 Å². The molecule has 3 fully saturated rings. The van der Waals surface area contributed by atoms with Gasteiger partial charge in [-0.25, -0.2) is 10.1 Å². The number of nitrogens with zero attached hydrogens (tertiary/aromatic N) is 2. The number of ketones is 2. The number of aliphatic hydroxyl groups is 2. The second-order valence-electron chi connectivity index (χ2n) is 23.2. The number of rotatable bonds is 14. The normalized spacial score (nSPS) is 28.6. The van der Waals surface area contributed by atoms with Gasteiger partial charge < -0.3 is 27.9 Å². The molecule has 366 valence electrons. The van der Waals surface area contributed by atoms with Crippen molar-refractivity contribution in [2.45, 2.75) is 191 Å². The van der Waals surface area contributed by atoms with Gasteiger partial charge in [0.2, 0.25) is 11.8 Å². The van der Waals surface area contributed by atoms with Crippen molar-refractivity contribution in [2.75, 3.05) is 0 Å². The van der Waals surface area contributed by atoms with E-state index in [2.05, 4.69) is 74.3 Å². The molecule has 2 aliphatic heterocycles. The lowest BCUT2D eigenvalue weighted by atomic mass is 9.67. The zero-order valence-electron chi connectivity index (χ0n) is 42.1. The number of amides is 2. The third-order valence-electron chi connectivity index (χ3n) is 13.6. The molecule has 2 aromatic rings. The standard InChI is InChI=1S/C24H39NO7Si2.C24H37NO5Si2/c1-23(2,3)34(7,8)31-20-18(27)19(28)21(29)24(22(20)32-33(4,5)6)14-17(26)25(24)30-15-16-12-10-9-11-13-16;1-23(2,3)32(7,8)29-21-19(26)14-15-24(22(21)30-31(4,5)6)16-20(27)25(24)28-17-18-12-10-9-11-13-18/h9-13,19-22,28-29H,14-15H2,1-8H3;9-15,21-22H,16-17H2,1-8H3/t19-,20-,21-,22-,24-;21-,22-,24+/m11/s1. The summed E-state index contributed by atoms with van der Waals surface area (Å²) in [5, 5.41) is 24.3. The summed E-state index contributed by atoms with van der Waals surface area (Å²) in [6, 6.07) is 19.1. The summed E-state index contributed by atoms with van der Waals surface area (Å²) in [5.41, 5.74) is -0.453. The van der Waals surface area contributed by atoms with Crippen molar-refractivity contribution < 1.29 is 56.8 Å². The van der Waals surface area contributed by atoms with Gasteiger partial charge in [-0.05, 0) is 98.8 Å². The van der Waals surface area contributed by atoms with Crippen LogP contribution in [-0.4, -0.2) is 125 Å². The second-order valence-corrected chi connectivity index (χ2v) is 41.6. The summed E-state index contributed by atoms with van der Waals surface area (Å²) in [6.45, 7) is 33.5. The molecule has 0 bridgehead atoms. The molecule has 2 saturated heterocycles. The molecular weight excluding hydrogens is 909 g/mol. The first kappa shape index (κ1) is 54.0. The van der Waals surface area contributed by atoms with Crippen molar-refractivity contribution in [3.8, 4) is 0 Å². The smallest absolute Gasteiger partial charge is 0.249 e. The van der Waals surface area contributed by atoms with Crippen molar-refractivity contribution in [1.29, 1.82) is 0 Å². The molecule has 2 aromatic carbocycles. The zero-order valence-corrected chi connectivity index (χ0v) is 46.1. The third kappa shape index (κ3) is 11.4. The van der Waals surface area contributed by atoms with E-state index in [1.807, 2.05) is 93.4 Å². The number of β-lactam (4-membered cyclic amide) rings is 2. The fourth-order valence-corrected chi connectivity index (χ4v) is 12.6. The summed E-state index contributed by atoms with van der Waals surface area (Å²) in [4.78, 5) is 63.8. The van der Waals surface area contributed by atoms with Crippen LogP contribution in [0, 0.1) is 0 Å². The minimum absolute atomic E-state index is 0.0652. The molecule has 6 rings (SSSR count). The Labute approximate surface area is 396 Å². The summed E-state index contributed by atoms with van der Waals surface area (Å²) in [6.07, 6.45) is -3.27. The molecular formula is C48H76N2O12Si4. The van der Waals surface area contributed by atoms with Gasteiger partial charge in [-0.3, -0.25) is 28.9 Å². The van der Waals surface area contributed by atoms with Gasteiger partial charge in [-0.1, -0.05) is 102 Å². The van der Waals surface area contributed by atoms with Crippen molar-refractivity contribution in [3.63, 3.8) is 0 Å². The van der Waals surface area contributed by atoms with E-state index >= 15 is 0 Å². The average Bonchev–Trinajstić information content (AvgIpc) is 3.18. The molecule has 8 atom stereocenters. The van der Waals surface area contributed by atoms with Gasteiger partial charge in [-0.15, -0.1) is 0 Å². The van der Waals surface area contributed by atoms with E-state index in [1.165, 1.54) is 5.06 Å². The van der Waals surface area contributed by atoms with Crippen LogP contribution < -0.4 is 0 Å². The number of carbonyl (C=O) groups is 4. The van der Waals surface area contributed by atoms with Gasteiger partial charge in [0.1, 0.15) is 60.9 Å². The number of Topliss-reactive ketones (excluding diaryl/α,β-unsaturated/α-hetero) is 1. The van der Waals surface area contributed by atoms with E-state index in [0.717, 1.165) is 16.2 Å². The molecule has 0 radical (unpaired) electrons. The van der Waals surface area contributed by atoms with Crippen molar-refractivity contribution >= 4 is 56.7 Å². The second kappa shape index (κ2) is 19.4. The lowest BCUT2D eigenvalue weighted by Crippen LogP contribution is -2.83. The van der Waals surface area contributed by atoms with Crippen LogP contribution in [0.2, 0.25) is 75.5 Å². The predicted molar refractivity (Wildman–Crippen MR) is 263 cm³/mol. The van der Waals surface area contributed by atoms with E-state index in [1.54, 1.807) is 12.2 Å². The van der Waals surface area contributed by atoms with E-state index in [-0.39, 0.29) is 53.7 Å². The van der Waals surface area contributed by atoms with E-state index < -0.39 is 86.8 Å². The molecule has 1 saturated carbocycles. The van der Waals surface area contributed by atoms with Crippen LogP contribution in [0.1, 0.15) is 65.5 Å². The Bertz CT molecular complexity index is 2100. The summed E-state index contributed by atoms with van der Waals surface area (Å²) in [5.74, 6) is -1.18. The van der Waals surface area contributed by atoms with Gasteiger partial charge >= 0.3 is 0 Å². The quantitative estimate of drug-likeness (QED) is 0.139. The Balaban J connectivity index is 0.000000248. The Hall–Kier alpha value is -2.99. The third-order valence-corrected chi connectivity index (χ3v) is 24.5. The monoisotopic (exact) mass is 984 g/mol. The summed E-state index contributed by atoms with van der Waals surface area (Å²) < 4.78 is 26.3. The molecule has 4 aliphatic rings. The zero-order chi connectivity index (χ0) is 49.6. The van der Waals surface area contributed by atoms with Crippen LogP contribution >= 0.6 is 0 Å². The molecule has 14 nitrogen and oxygen atoms in total. The Kier molecular flexibility index (Phi) is 15.9. The number of benzene rings is 2. The number of hydroxylamine groups is 4. The van der Waals surface area contributed by atoms with Gasteiger partial charge in [-0.2, -0.15) is 0 Å². The van der Waals surface area contributed by atoms with Gasteiger partial charge in [0.05, 0.1) is 12.8 Å². The van der Waals surface area contributed by atoms with Crippen LogP contribution in [0.25, 0.3) is 0 Å². The van der Waals surface area contributed by atoms with Crippen molar-refractivity contribution in [1.82, 2.24) is 10.1 Å². The van der Waals surface area contributed by atoms with Gasteiger partial charge in [0.25, 0.3) is 0 Å². The highest BCUT2D eigenvalue weighted by molar-refractivity contribution is 6.75. The van der Waals surface area contributed by atoms with Crippen molar-refractivity contribution in [2.24, 2.45) is 0 Å². The molecule has 2 spiro atoms. The highest BCUT2D eigenvalue weighted by atomic mass is 28.4. The number of hydrogen-bond acceptors (Lipinski definition) is 12. The maximum Gasteiger partial charge on any atom is 0.249 e. The number of hydrogen-bond donors (Lipinski definition) is 2. The lowest BCUT2D eigenvalue weighted by molar-refractivity contribution is -0.317. The molecule has 0 aromatic heterocycles. The Morgan fingerprint density at radius 3 is 1.44 bits per heavy atom. The summed E-state index contributed by atoms with van der Waals surface area (Å²) in [7, 11) is -9.16. The average molecular weight is 985 g/mol. The molecule has 2 aliphatic carbocycles. The van der Waals surface area contributed by atoms with Crippen LogP contribution in [0.5, 0.6) is 0 Å². The fourth-order valence-electron chi connectivity index (χ4n) is 7.97. The molecule has 2 N–H and O–H groups in total. The largest absolute Gasteiger partial charge is 0.409 e. The van der Waals surface area contributed by atoms with Crippen LogP contribution in [-0.2, 0) is 59.8 Å². The Morgan fingerprint density at radius 2 is 1.02 bits per heavy atom. The molecule has 66 heavy (non-hydrogen) atoms. The SMILES string of the molecule is CC(C)(C)[Si](C)(C)O[C@@H]1C(=O)C=C[C@]2(CC(=O)N2OCc2ccccc2)[C@@H]1O[Si](C)(C)C.CC(C)(C)[Si](C)(C)O[C@@H]1C(=O)[C@@H](O)[C@@H](O)[C@]2(CC(=O)N2OCc2ccccc2)[C@@H]1O[Si](C)(C)C. The minimum Gasteiger partial charge on any atom is -0.409 e. The van der Waals surface area contributed by atoms with Crippen LogP contribution in [0.4, 0.5) is 0 Å². The highest BCUT2D eigenvalue weighted by Gasteiger charge is 2.71. The fraction of sp³-hybridized carbons (Fsp3) is 0.625. The lowest BCUT2D eigenvalue weighted by Gasteiger charge is -2.61. The Morgan fingerprint density at radius 1 is 0.591 bits per heavy atom. The predicted octanol–water partition coefficient (Wildman–Crippen LogP) is 7.84. The maximum atomic E-state index is 13.3. The first-order chi connectivity index (χ1) is 30.2. The van der Waals surface area contributed by atoms with E-state index in [9.17, 15) is 29.4 Å². The van der Waals surface area contributed by atoms with E-state index in [0.29, 0.717) is 0 Å². The minimum atomic E-state index is -2.49. The van der Waals surface area contributed by atoms with Crippen LogP contribution in [0.3, 0.4) is 0 Å². The summed E-state index contributed by atoms with van der Waals surface area (Å²) >= 11 is 0. The maximum absolute atomic E-state index is 13.3. The van der Waals surface area contributed by atoms with Crippen molar-refractivity contribution in [3.05, 3.63) is 83.9 Å². The first-order valence-corrected chi connectivity index (χ1v) is 35.6. The molecule has 2 amide bonds. The highest BCUT2D eigenvalue weighted by Crippen LogP contribution is 2.50. The number of carbonyl (C=O) groups excluding carboxylic acids is 4. The number of aliphatic hydroxyl groups excluding tert-OH is 2. The topological polar surface area (TPSA) is 171 Å². The van der Waals surface area contributed by atoms with Gasteiger partial charge in [0, 0.05) is 0 Å². The molecule has 18 heteroatoms. The first-order valence-electron chi connectivity index (χ1n) is 23.0. The van der Waals surface area contributed by atoms with Crippen LogP contribution in [0.15, 0.2) is 72.8 Å².